The number of nitrogens with zero attached hydrogens (tertiary/aromatic N) is 2. The Morgan fingerprint density at radius 3 is 2.78 bits per heavy atom. The van der Waals surface area contributed by atoms with Crippen LogP contribution in [0, 0.1) is 13.8 Å². The first-order chi connectivity index (χ1) is 11.1. The van der Waals surface area contributed by atoms with Crippen LogP contribution in [0.25, 0.3) is 11.3 Å². The standard InChI is InChI=1S/C16H15N3O2S2/c1-9-4-5-13(21-3)11(6-9)12-7-22-16(18-12)19-15(20)14-10(2)17-8-23-14/h4-8H,1-3H3,(H,18,19,20). The average Bonchev–Trinajstić information content (AvgIpc) is 3.16. The Bertz CT molecular complexity index is 855. The fourth-order valence-electron chi connectivity index (χ4n) is 2.15. The molecule has 3 aromatic rings. The minimum Gasteiger partial charge on any atom is -0.496 e. The van der Waals surface area contributed by atoms with Gasteiger partial charge in [0.1, 0.15) is 10.6 Å². The quantitative estimate of drug-likeness (QED) is 0.772. The predicted octanol–water partition coefficient (Wildman–Crippen LogP) is 4.14. The van der Waals surface area contributed by atoms with Gasteiger partial charge in [0.2, 0.25) is 0 Å². The fourth-order valence-corrected chi connectivity index (χ4v) is 3.55. The zero-order valence-electron chi connectivity index (χ0n) is 12.9. The highest BCUT2D eigenvalue weighted by Gasteiger charge is 2.15. The van der Waals surface area contributed by atoms with E-state index in [-0.39, 0.29) is 5.91 Å². The number of aromatic nitrogens is 2. The molecule has 5 nitrogen and oxygen atoms in total. The molecule has 0 aliphatic rings. The number of ether oxygens (including phenoxy) is 1. The van der Waals surface area contributed by atoms with Crippen molar-refractivity contribution in [1.29, 1.82) is 0 Å². The van der Waals surface area contributed by atoms with Gasteiger partial charge in [0.05, 0.1) is 24.0 Å². The molecule has 0 atom stereocenters. The summed E-state index contributed by atoms with van der Waals surface area (Å²) in [5.41, 5.74) is 5.21. The summed E-state index contributed by atoms with van der Waals surface area (Å²) < 4.78 is 5.39. The van der Waals surface area contributed by atoms with Crippen LogP contribution in [0.2, 0.25) is 0 Å². The number of methoxy groups -OCH3 is 1. The first kappa shape index (κ1) is 15.6. The number of thiazole rings is 2. The number of carbonyl (C=O) groups is 1. The second-order valence-electron chi connectivity index (χ2n) is 4.96. The lowest BCUT2D eigenvalue weighted by molar-refractivity contribution is 0.103. The van der Waals surface area contributed by atoms with Gasteiger partial charge in [-0.05, 0) is 26.0 Å². The highest BCUT2D eigenvalue weighted by molar-refractivity contribution is 7.14. The smallest absolute Gasteiger partial charge is 0.269 e. The highest BCUT2D eigenvalue weighted by Crippen LogP contribution is 2.33. The summed E-state index contributed by atoms with van der Waals surface area (Å²) in [6.07, 6.45) is 0. The van der Waals surface area contributed by atoms with E-state index < -0.39 is 0 Å². The van der Waals surface area contributed by atoms with Gasteiger partial charge in [-0.3, -0.25) is 10.1 Å². The zero-order chi connectivity index (χ0) is 16.4. The molecule has 2 aromatic heterocycles. The van der Waals surface area contributed by atoms with Gasteiger partial charge < -0.3 is 4.74 Å². The number of hydrogen-bond donors (Lipinski definition) is 1. The van der Waals surface area contributed by atoms with E-state index in [2.05, 4.69) is 15.3 Å². The number of anilines is 1. The van der Waals surface area contributed by atoms with E-state index >= 15 is 0 Å². The summed E-state index contributed by atoms with van der Waals surface area (Å²) in [6.45, 7) is 3.83. The van der Waals surface area contributed by atoms with Crippen molar-refractivity contribution >= 4 is 33.7 Å². The molecule has 0 radical (unpaired) electrons. The van der Waals surface area contributed by atoms with E-state index in [9.17, 15) is 4.79 Å². The molecule has 1 N–H and O–H groups in total. The van der Waals surface area contributed by atoms with Crippen LogP contribution in [0.5, 0.6) is 5.75 Å². The second kappa shape index (κ2) is 6.47. The van der Waals surface area contributed by atoms with Gasteiger partial charge in [-0.2, -0.15) is 0 Å². The Labute approximate surface area is 142 Å². The van der Waals surface area contributed by atoms with E-state index in [1.807, 2.05) is 37.4 Å². The largest absolute Gasteiger partial charge is 0.496 e. The van der Waals surface area contributed by atoms with Gasteiger partial charge in [0.25, 0.3) is 5.91 Å². The molecule has 23 heavy (non-hydrogen) atoms. The summed E-state index contributed by atoms with van der Waals surface area (Å²) >= 11 is 2.71. The molecule has 118 valence electrons. The zero-order valence-corrected chi connectivity index (χ0v) is 14.5. The normalized spacial score (nSPS) is 10.6. The Kier molecular flexibility index (Phi) is 4.40. The number of benzene rings is 1. The van der Waals surface area contributed by atoms with E-state index in [0.717, 1.165) is 28.3 Å². The lowest BCUT2D eigenvalue weighted by Gasteiger charge is -2.07. The lowest BCUT2D eigenvalue weighted by Crippen LogP contribution is -2.11. The third-order valence-electron chi connectivity index (χ3n) is 3.31. The van der Waals surface area contributed by atoms with Crippen molar-refractivity contribution in [3.63, 3.8) is 0 Å². The molecule has 0 saturated heterocycles. The maximum Gasteiger partial charge on any atom is 0.269 e. The molecule has 0 saturated carbocycles. The van der Waals surface area contributed by atoms with Crippen LogP contribution in [0.3, 0.4) is 0 Å². The number of carbonyl (C=O) groups excluding carboxylic acids is 1. The van der Waals surface area contributed by atoms with E-state index in [0.29, 0.717) is 10.0 Å². The summed E-state index contributed by atoms with van der Waals surface area (Å²) in [6, 6.07) is 5.93. The summed E-state index contributed by atoms with van der Waals surface area (Å²) in [4.78, 5) is 21.4. The average molecular weight is 345 g/mol. The highest BCUT2D eigenvalue weighted by atomic mass is 32.1. The third kappa shape index (κ3) is 3.25. The number of aryl methyl sites for hydroxylation is 2. The monoisotopic (exact) mass is 345 g/mol. The van der Waals surface area contributed by atoms with Gasteiger partial charge in [0.15, 0.2) is 5.13 Å². The van der Waals surface area contributed by atoms with Crippen molar-refractivity contribution in [2.45, 2.75) is 13.8 Å². The van der Waals surface area contributed by atoms with E-state index in [1.165, 1.54) is 22.7 Å². The van der Waals surface area contributed by atoms with Crippen LogP contribution in [-0.2, 0) is 0 Å². The topological polar surface area (TPSA) is 64.1 Å². The molecular weight excluding hydrogens is 330 g/mol. The summed E-state index contributed by atoms with van der Waals surface area (Å²) in [5, 5.41) is 5.29. The molecule has 0 unspecified atom stereocenters. The molecule has 0 fully saturated rings. The van der Waals surface area contributed by atoms with Crippen molar-refractivity contribution in [2.75, 3.05) is 12.4 Å². The molecule has 0 aliphatic heterocycles. The van der Waals surface area contributed by atoms with Gasteiger partial charge in [-0.1, -0.05) is 11.6 Å². The second-order valence-corrected chi connectivity index (χ2v) is 6.68. The molecule has 0 spiro atoms. The van der Waals surface area contributed by atoms with Crippen molar-refractivity contribution in [2.24, 2.45) is 0 Å². The molecule has 0 aliphatic carbocycles. The Morgan fingerprint density at radius 1 is 1.26 bits per heavy atom. The molecule has 7 heteroatoms. The predicted molar refractivity (Wildman–Crippen MR) is 93.6 cm³/mol. The minimum atomic E-state index is -0.179. The summed E-state index contributed by atoms with van der Waals surface area (Å²) in [7, 11) is 1.63. The van der Waals surface area contributed by atoms with Gasteiger partial charge >= 0.3 is 0 Å². The Balaban J connectivity index is 1.85. The van der Waals surface area contributed by atoms with Crippen LogP contribution in [0.4, 0.5) is 5.13 Å². The first-order valence-corrected chi connectivity index (χ1v) is 8.66. The maximum atomic E-state index is 12.2. The third-order valence-corrected chi connectivity index (χ3v) is 4.99. The molecule has 1 amide bonds. The number of hydrogen-bond acceptors (Lipinski definition) is 6. The van der Waals surface area contributed by atoms with Gasteiger partial charge in [0, 0.05) is 10.9 Å². The number of nitrogens with one attached hydrogen (secondary N) is 1. The van der Waals surface area contributed by atoms with Gasteiger partial charge in [-0.25, -0.2) is 9.97 Å². The Morgan fingerprint density at radius 2 is 2.09 bits per heavy atom. The fraction of sp³-hybridized carbons (Fsp3) is 0.188. The van der Waals surface area contributed by atoms with Crippen LogP contribution in [-0.4, -0.2) is 23.0 Å². The van der Waals surface area contributed by atoms with E-state index in [4.69, 9.17) is 4.74 Å². The summed E-state index contributed by atoms with van der Waals surface area (Å²) in [5.74, 6) is 0.583. The van der Waals surface area contributed by atoms with E-state index in [1.54, 1.807) is 12.6 Å². The molecule has 0 bridgehead atoms. The van der Waals surface area contributed by atoms with Gasteiger partial charge in [-0.15, -0.1) is 22.7 Å². The molecule has 2 heterocycles. The minimum absolute atomic E-state index is 0.179. The molecule has 1 aromatic carbocycles. The van der Waals surface area contributed by atoms with Crippen LogP contribution in [0.15, 0.2) is 29.1 Å². The molecule has 3 rings (SSSR count). The SMILES string of the molecule is COc1ccc(C)cc1-c1csc(NC(=O)c2scnc2C)n1. The lowest BCUT2D eigenvalue weighted by atomic mass is 10.1. The van der Waals surface area contributed by atoms with Crippen molar-refractivity contribution in [3.8, 4) is 17.0 Å². The number of amides is 1. The van der Waals surface area contributed by atoms with Crippen molar-refractivity contribution in [1.82, 2.24) is 9.97 Å². The van der Waals surface area contributed by atoms with Crippen molar-refractivity contribution < 1.29 is 9.53 Å². The number of rotatable bonds is 4. The Hall–Kier alpha value is -2.25. The molecular formula is C16H15N3O2S2. The van der Waals surface area contributed by atoms with Crippen LogP contribution < -0.4 is 10.1 Å². The van der Waals surface area contributed by atoms with Crippen LogP contribution >= 0.6 is 22.7 Å². The van der Waals surface area contributed by atoms with Crippen molar-refractivity contribution in [3.05, 3.63) is 45.2 Å². The van der Waals surface area contributed by atoms with Crippen LogP contribution in [0.1, 0.15) is 20.9 Å². The maximum absolute atomic E-state index is 12.2. The first-order valence-electron chi connectivity index (χ1n) is 6.90.